The minimum absolute atomic E-state index is 0.00422. The highest BCUT2D eigenvalue weighted by Gasteiger charge is 2.33. The fourth-order valence-electron chi connectivity index (χ4n) is 2.78. The van der Waals surface area contributed by atoms with Gasteiger partial charge in [0.2, 0.25) is 4.74 Å². The molecule has 3 N–H and O–H groups in total. The predicted octanol–water partition coefficient (Wildman–Crippen LogP) is 3.47. The largest absolute Gasteiger partial charge is 0.506 e. The summed E-state index contributed by atoms with van der Waals surface area (Å²) in [5.74, 6) is -3.16. The fourth-order valence-corrected chi connectivity index (χ4v) is 3.67. The third kappa shape index (κ3) is 4.06. The van der Waals surface area contributed by atoms with E-state index in [9.17, 15) is 32.7 Å². The first kappa shape index (κ1) is 20.3. The van der Waals surface area contributed by atoms with Crippen LogP contribution in [-0.2, 0) is 11.0 Å². The summed E-state index contributed by atoms with van der Waals surface area (Å²) >= 11 is 0.613. The molecule has 0 aliphatic carbocycles. The number of nitrogens with one attached hydrogen (secondary N) is 1. The summed E-state index contributed by atoms with van der Waals surface area (Å²) in [5, 5.41) is 21.1. The number of carbonyl (C=O) groups is 2. The number of benzene rings is 2. The van der Waals surface area contributed by atoms with Crippen LogP contribution in [0.5, 0.6) is 5.75 Å². The number of aromatic hydroxyl groups is 1. The van der Waals surface area contributed by atoms with E-state index in [4.69, 9.17) is 5.11 Å². The molecule has 0 aliphatic rings. The minimum atomic E-state index is -4.60. The van der Waals surface area contributed by atoms with E-state index in [0.29, 0.717) is 11.3 Å². The number of hydrogen-bond donors (Lipinski definition) is 3. The van der Waals surface area contributed by atoms with Gasteiger partial charge < -0.3 is 15.5 Å². The fraction of sp³-hybridized carbons (Fsp3) is 0.105. The molecule has 0 fully saturated rings. The highest BCUT2D eigenvalue weighted by Crippen LogP contribution is 2.39. The lowest BCUT2D eigenvalue weighted by molar-refractivity contribution is -0.137. The van der Waals surface area contributed by atoms with Gasteiger partial charge in [0.15, 0.2) is 0 Å². The van der Waals surface area contributed by atoms with Gasteiger partial charge >= 0.3 is 12.1 Å². The Morgan fingerprint density at radius 3 is 2.45 bits per heavy atom. The molecular formula is C19H12F3NO5S. The minimum Gasteiger partial charge on any atom is -0.506 e. The second kappa shape index (κ2) is 7.55. The Kier molecular flexibility index (Phi) is 5.29. The van der Waals surface area contributed by atoms with Gasteiger partial charge in [-0.25, -0.2) is 0 Å². The lowest BCUT2D eigenvalue weighted by Crippen LogP contribution is -2.32. The molecule has 0 saturated heterocycles. The zero-order valence-electron chi connectivity index (χ0n) is 14.4. The van der Waals surface area contributed by atoms with Crippen molar-refractivity contribution >= 4 is 33.3 Å². The summed E-state index contributed by atoms with van der Waals surface area (Å²) in [6.07, 6.45) is -4.60. The highest BCUT2D eigenvalue weighted by molar-refractivity contribution is 7.16. The number of carboxylic acid groups (broad SMARTS) is 1. The standard InChI is InChI=1S/C19H12F3NO5S/c20-19(21,22)12-4-2-1-3-10(12)9-5-6-13-11(7-9)16(26)15(18(28)29-13)17(27)23-8-14(24)25/h1-7,26H,8H2,(H,23,27)(H,24,25). The van der Waals surface area contributed by atoms with Crippen molar-refractivity contribution in [2.24, 2.45) is 0 Å². The van der Waals surface area contributed by atoms with Gasteiger partial charge in [-0.2, -0.15) is 13.2 Å². The van der Waals surface area contributed by atoms with E-state index in [-0.39, 0.29) is 21.2 Å². The monoisotopic (exact) mass is 423 g/mol. The first-order valence-corrected chi connectivity index (χ1v) is 8.87. The summed E-state index contributed by atoms with van der Waals surface area (Å²) in [6.45, 7) is -0.764. The molecule has 0 saturated carbocycles. The summed E-state index contributed by atoms with van der Waals surface area (Å²) in [6, 6.07) is 8.89. The van der Waals surface area contributed by atoms with Gasteiger partial charge in [-0.15, -0.1) is 0 Å². The predicted molar refractivity (Wildman–Crippen MR) is 100 cm³/mol. The van der Waals surface area contributed by atoms with Crippen molar-refractivity contribution < 1.29 is 33.0 Å². The number of halogens is 3. The molecule has 6 nitrogen and oxygen atoms in total. The van der Waals surface area contributed by atoms with Gasteiger partial charge in [-0.3, -0.25) is 14.4 Å². The summed E-state index contributed by atoms with van der Waals surface area (Å²) in [7, 11) is 0. The Morgan fingerprint density at radius 1 is 1.10 bits per heavy atom. The number of rotatable bonds is 4. The SMILES string of the molecule is O=C(O)CNC(=O)c1c(O)c2cc(-c3ccccc3C(F)(F)F)ccc2sc1=O. The van der Waals surface area contributed by atoms with Crippen molar-refractivity contribution in [2.75, 3.05) is 6.54 Å². The molecule has 0 spiro atoms. The molecule has 2 aromatic carbocycles. The number of carbonyl (C=O) groups excluding carboxylic acids is 1. The third-order valence-corrected chi connectivity index (χ3v) is 5.01. The molecular weight excluding hydrogens is 411 g/mol. The number of amides is 1. The van der Waals surface area contributed by atoms with Crippen molar-refractivity contribution in [2.45, 2.75) is 6.18 Å². The van der Waals surface area contributed by atoms with E-state index >= 15 is 0 Å². The molecule has 1 aromatic heterocycles. The van der Waals surface area contributed by atoms with Crippen LogP contribution in [0.25, 0.3) is 21.2 Å². The third-order valence-electron chi connectivity index (χ3n) is 4.05. The van der Waals surface area contributed by atoms with Gasteiger partial charge in [-0.1, -0.05) is 35.6 Å². The van der Waals surface area contributed by atoms with Gasteiger partial charge in [0, 0.05) is 10.1 Å². The molecule has 1 heterocycles. The van der Waals surface area contributed by atoms with Gasteiger partial charge in [0.1, 0.15) is 17.9 Å². The number of fused-ring (bicyclic) bond motifs is 1. The summed E-state index contributed by atoms with van der Waals surface area (Å²) in [5.41, 5.74) is -1.54. The van der Waals surface area contributed by atoms with E-state index < -0.39 is 46.2 Å². The van der Waals surface area contributed by atoms with Gasteiger partial charge in [-0.05, 0) is 29.3 Å². The van der Waals surface area contributed by atoms with Crippen LogP contribution >= 0.6 is 11.3 Å². The van der Waals surface area contributed by atoms with Crippen LogP contribution in [0.3, 0.4) is 0 Å². The number of hydrogen-bond acceptors (Lipinski definition) is 5. The molecule has 1 amide bonds. The molecule has 10 heteroatoms. The van der Waals surface area contributed by atoms with Crippen molar-refractivity contribution in [3.63, 3.8) is 0 Å². The second-order valence-corrected chi connectivity index (χ2v) is 6.96. The molecule has 0 radical (unpaired) electrons. The average molecular weight is 423 g/mol. The first-order chi connectivity index (χ1) is 13.6. The number of carboxylic acids is 1. The zero-order valence-corrected chi connectivity index (χ0v) is 15.2. The van der Waals surface area contributed by atoms with Crippen molar-refractivity contribution in [3.05, 3.63) is 63.1 Å². The topological polar surface area (TPSA) is 104 Å². The maximum absolute atomic E-state index is 13.3. The Hall–Kier alpha value is -3.40. The zero-order chi connectivity index (χ0) is 21.3. The van der Waals surface area contributed by atoms with Gasteiger partial charge in [0.25, 0.3) is 5.91 Å². The lowest BCUT2D eigenvalue weighted by Gasteiger charge is -2.14. The average Bonchev–Trinajstić information content (AvgIpc) is 2.65. The molecule has 0 bridgehead atoms. The molecule has 29 heavy (non-hydrogen) atoms. The normalized spacial score (nSPS) is 11.4. The molecule has 0 atom stereocenters. The van der Waals surface area contributed by atoms with E-state index in [2.05, 4.69) is 0 Å². The Balaban J connectivity index is 2.17. The van der Waals surface area contributed by atoms with E-state index in [1.54, 1.807) is 0 Å². The molecule has 0 aliphatic heterocycles. The number of aliphatic carboxylic acids is 1. The quantitative estimate of drug-likeness (QED) is 0.596. The van der Waals surface area contributed by atoms with Crippen LogP contribution < -0.4 is 10.1 Å². The molecule has 0 unspecified atom stereocenters. The van der Waals surface area contributed by atoms with E-state index in [1.165, 1.54) is 36.4 Å². The van der Waals surface area contributed by atoms with Crippen LogP contribution in [0.2, 0.25) is 0 Å². The molecule has 150 valence electrons. The Bertz CT molecular complexity index is 1190. The van der Waals surface area contributed by atoms with Crippen molar-refractivity contribution in [3.8, 4) is 16.9 Å². The number of alkyl halides is 3. The Morgan fingerprint density at radius 2 is 1.79 bits per heavy atom. The highest BCUT2D eigenvalue weighted by atomic mass is 32.1. The molecule has 3 rings (SSSR count). The summed E-state index contributed by atoms with van der Waals surface area (Å²) < 4.78 is 39.4. The van der Waals surface area contributed by atoms with Crippen LogP contribution in [0.15, 0.2) is 47.3 Å². The second-order valence-electron chi connectivity index (χ2n) is 5.94. The van der Waals surface area contributed by atoms with E-state index in [1.807, 2.05) is 5.32 Å². The van der Waals surface area contributed by atoms with Crippen molar-refractivity contribution in [1.29, 1.82) is 0 Å². The van der Waals surface area contributed by atoms with Crippen molar-refractivity contribution in [1.82, 2.24) is 5.32 Å². The maximum atomic E-state index is 13.3. The lowest BCUT2D eigenvalue weighted by atomic mass is 9.98. The smallest absolute Gasteiger partial charge is 0.417 e. The van der Waals surface area contributed by atoms with Crippen LogP contribution in [0.4, 0.5) is 13.2 Å². The maximum Gasteiger partial charge on any atom is 0.417 e. The summed E-state index contributed by atoms with van der Waals surface area (Å²) in [4.78, 5) is 34.9. The van der Waals surface area contributed by atoms with Crippen LogP contribution in [-0.4, -0.2) is 28.6 Å². The van der Waals surface area contributed by atoms with Crippen LogP contribution in [0.1, 0.15) is 15.9 Å². The molecule has 3 aromatic rings. The van der Waals surface area contributed by atoms with E-state index in [0.717, 1.165) is 6.07 Å². The Labute approximate surface area is 164 Å². The first-order valence-electron chi connectivity index (χ1n) is 8.06. The van der Waals surface area contributed by atoms with Gasteiger partial charge in [0.05, 0.1) is 5.56 Å². The van der Waals surface area contributed by atoms with Crippen LogP contribution in [0, 0.1) is 0 Å².